The summed E-state index contributed by atoms with van der Waals surface area (Å²) in [4.78, 5) is 28.1. The molecule has 2 aromatic carbocycles. The number of methoxy groups -OCH3 is 1. The lowest BCUT2D eigenvalue weighted by molar-refractivity contribution is -0.151. The number of ether oxygens (including phenoxy) is 3. The monoisotopic (exact) mass is 470 g/mol. The number of aliphatic hydroxyl groups excluding tert-OH is 1. The van der Waals surface area contributed by atoms with Crippen molar-refractivity contribution in [3.63, 3.8) is 0 Å². The Kier molecular flexibility index (Phi) is 8.76. The van der Waals surface area contributed by atoms with Gasteiger partial charge in [0, 0.05) is 26.6 Å². The molecular weight excluding hydrogens is 436 g/mol. The summed E-state index contributed by atoms with van der Waals surface area (Å²) in [6, 6.07) is 14.8. The van der Waals surface area contributed by atoms with Crippen LogP contribution in [0.5, 0.6) is 11.5 Å². The predicted octanol–water partition coefficient (Wildman–Crippen LogP) is 3.63. The maximum absolute atomic E-state index is 12.7. The molecule has 1 heterocycles. The zero-order valence-corrected chi connectivity index (χ0v) is 20.3. The van der Waals surface area contributed by atoms with E-state index in [0.29, 0.717) is 37.4 Å². The molecule has 34 heavy (non-hydrogen) atoms. The number of esters is 1. The SMILES string of the molecule is CCOC(=O)C(C)C(O)c1ccc(OCCC2CN(Cc3ccc(OC)cc3)C(=O)N2C)cc1. The zero-order chi connectivity index (χ0) is 24.7. The molecule has 0 aromatic heterocycles. The summed E-state index contributed by atoms with van der Waals surface area (Å²) in [6.45, 7) is 5.31. The largest absolute Gasteiger partial charge is 0.497 e. The van der Waals surface area contributed by atoms with Crippen molar-refractivity contribution in [1.82, 2.24) is 9.80 Å². The molecule has 0 radical (unpaired) electrons. The summed E-state index contributed by atoms with van der Waals surface area (Å²) >= 11 is 0. The van der Waals surface area contributed by atoms with Gasteiger partial charge < -0.3 is 29.1 Å². The first-order chi connectivity index (χ1) is 16.3. The number of carbonyl (C=O) groups excluding carboxylic acids is 2. The Labute approximate surface area is 201 Å². The van der Waals surface area contributed by atoms with E-state index < -0.39 is 18.0 Å². The first kappa shape index (κ1) is 25.4. The molecule has 2 amide bonds. The van der Waals surface area contributed by atoms with Crippen molar-refractivity contribution in [3.05, 3.63) is 59.7 Å². The van der Waals surface area contributed by atoms with Crippen molar-refractivity contribution >= 4 is 12.0 Å². The van der Waals surface area contributed by atoms with Crippen LogP contribution >= 0.6 is 0 Å². The number of benzene rings is 2. The van der Waals surface area contributed by atoms with E-state index in [2.05, 4.69) is 0 Å². The maximum Gasteiger partial charge on any atom is 0.320 e. The number of nitrogens with zero attached hydrogens (tertiary/aromatic N) is 2. The number of urea groups is 1. The molecule has 3 unspecified atom stereocenters. The molecule has 1 saturated heterocycles. The van der Waals surface area contributed by atoms with Crippen molar-refractivity contribution in [1.29, 1.82) is 0 Å². The van der Waals surface area contributed by atoms with Gasteiger partial charge in [-0.05, 0) is 49.2 Å². The molecule has 0 saturated carbocycles. The normalized spacial score (nSPS) is 17.4. The smallest absolute Gasteiger partial charge is 0.320 e. The van der Waals surface area contributed by atoms with E-state index in [1.54, 1.807) is 50.1 Å². The Bertz CT molecular complexity index is 947. The second-order valence-electron chi connectivity index (χ2n) is 8.47. The third kappa shape index (κ3) is 6.20. The van der Waals surface area contributed by atoms with Crippen LogP contribution in [0.25, 0.3) is 0 Å². The fourth-order valence-electron chi connectivity index (χ4n) is 3.97. The van der Waals surface area contributed by atoms with Crippen LogP contribution in [-0.4, -0.2) is 66.9 Å². The van der Waals surface area contributed by atoms with E-state index in [1.807, 2.05) is 36.2 Å². The average Bonchev–Trinajstić information content (AvgIpc) is 3.12. The summed E-state index contributed by atoms with van der Waals surface area (Å²) < 4.78 is 16.0. The van der Waals surface area contributed by atoms with Gasteiger partial charge in [0.05, 0.1) is 38.4 Å². The molecule has 3 atom stereocenters. The molecule has 1 aliphatic heterocycles. The second-order valence-corrected chi connectivity index (χ2v) is 8.47. The van der Waals surface area contributed by atoms with Crippen LogP contribution in [0.2, 0.25) is 0 Å². The fraction of sp³-hybridized carbons (Fsp3) is 0.462. The van der Waals surface area contributed by atoms with E-state index in [9.17, 15) is 14.7 Å². The number of amides is 2. The highest BCUT2D eigenvalue weighted by Gasteiger charge is 2.34. The van der Waals surface area contributed by atoms with E-state index >= 15 is 0 Å². The van der Waals surface area contributed by atoms with E-state index in [4.69, 9.17) is 14.2 Å². The third-order valence-electron chi connectivity index (χ3n) is 6.16. The Hall–Kier alpha value is -3.26. The van der Waals surface area contributed by atoms with Crippen molar-refractivity contribution in [2.75, 3.05) is 33.9 Å². The van der Waals surface area contributed by atoms with E-state index in [1.165, 1.54) is 0 Å². The zero-order valence-electron chi connectivity index (χ0n) is 20.3. The van der Waals surface area contributed by atoms with Gasteiger partial charge in [-0.25, -0.2) is 4.79 Å². The van der Waals surface area contributed by atoms with Crippen LogP contribution in [-0.2, 0) is 16.1 Å². The van der Waals surface area contributed by atoms with Crippen molar-refractivity contribution in [2.45, 2.75) is 39.0 Å². The Morgan fingerprint density at radius 1 is 1.12 bits per heavy atom. The lowest BCUT2D eigenvalue weighted by atomic mass is 9.97. The third-order valence-corrected chi connectivity index (χ3v) is 6.16. The Balaban J connectivity index is 1.48. The molecule has 0 aliphatic carbocycles. The molecule has 8 heteroatoms. The van der Waals surface area contributed by atoms with Gasteiger partial charge in [0.2, 0.25) is 0 Å². The topological polar surface area (TPSA) is 88.5 Å². The Morgan fingerprint density at radius 3 is 2.38 bits per heavy atom. The number of likely N-dealkylation sites (N-methyl/N-ethyl adjacent to an activating group) is 1. The fourth-order valence-corrected chi connectivity index (χ4v) is 3.97. The minimum Gasteiger partial charge on any atom is -0.497 e. The van der Waals surface area contributed by atoms with Gasteiger partial charge in [-0.1, -0.05) is 24.3 Å². The number of hydrogen-bond donors (Lipinski definition) is 1. The molecular formula is C26H34N2O6. The molecule has 8 nitrogen and oxygen atoms in total. The second kappa shape index (κ2) is 11.7. The number of hydrogen-bond acceptors (Lipinski definition) is 6. The summed E-state index contributed by atoms with van der Waals surface area (Å²) in [5.74, 6) is 0.385. The van der Waals surface area contributed by atoms with Gasteiger partial charge >= 0.3 is 12.0 Å². The highest BCUT2D eigenvalue weighted by atomic mass is 16.5. The summed E-state index contributed by atoms with van der Waals surface area (Å²) in [6.07, 6.45) is -0.242. The highest BCUT2D eigenvalue weighted by Crippen LogP contribution is 2.26. The lowest BCUT2D eigenvalue weighted by Crippen LogP contribution is -2.31. The minimum atomic E-state index is -0.942. The van der Waals surface area contributed by atoms with E-state index in [0.717, 1.165) is 11.3 Å². The first-order valence-electron chi connectivity index (χ1n) is 11.6. The lowest BCUT2D eigenvalue weighted by Gasteiger charge is -2.19. The Morgan fingerprint density at radius 2 is 1.76 bits per heavy atom. The van der Waals surface area contributed by atoms with Gasteiger partial charge in [-0.3, -0.25) is 4.79 Å². The van der Waals surface area contributed by atoms with Crippen molar-refractivity contribution < 1.29 is 28.9 Å². The molecule has 2 aromatic rings. The van der Waals surface area contributed by atoms with Gasteiger partial charge in [0.15, 0.2) is 0 Å². The number of carbonyl (C=O) groups is 2. The first-order valence-corrected chi connectivity index (χ1v) is 11.6. The van der Waals surface area contributed by atoms with Gasteiger partial charge in [0.25, 0.3) is 0 Å². The molecule has 0 bridgehead atoms. The maximum atomic E-state index is 12.7. The highest BCUT2D eigenvalue weighted by molar-refractivity contribution is 5.77. The van der Waals surface area contributed by atoms with Crippen LogP contribution in [0.4, 0.5) is 4.79 Å². The van der Waals surface area contributed by atoms with Crippen LogP contribution in [0.15, 0.2) is 48.5 Å². The minimum absolute atomic E-state index is 0.00915. The quantitative estimate of drug-likeness (QED) is 0.505. The van der Waals surface area contributed by atoms with Crippen molar-refractivity contribution in [2.24, 2.45) is 5.92 Å². The number of aliphatic hydroxyl groups is 1. The molecule has 184 valence electrons. The predicted molar refractivity (Wildman–Crippen MR) is 128 cm³/mol. The van der Waals surface area contributed by atoms with Gasteiger partial charge in [-0.15, -0.1) is 0 Å². The molecule has 0 spiro atoms. The van der Waals surface area contributed by atoms with Gasteiger partial charge in [0.1, 0.15) is 11.5 Å². The summed E-state index contributed by atoms with van der Waals surface area (Å²) in [7, 11) is 3.45. The summed E-state index contributed by atoms with van der Waals surface area (Å²) in [5, 5.41) is 10.4. The van der Waals surface area contributed by atoms with Crippen LogP contribution in [0, 0.1) is 5.92 Å². The van der Waals surface area contributed by atoms with E-state index in [-0.39, 0.29) is 18.7 Å². The average molecular weight is 471 g/mol. The molecule has 1 fully saturated rings. The standard InChI is InChI=1S/C26H34N2O6/c1-5-33-25(30)18(2)24(29)20-8-12-23(13-9-20)34-15-14-21-17-28(26(31)27(21)3)16-19-6-10-22(32-4)11-7-19/h6-13,18,21,24,29H,5,14-17H2,1-4H3. The van der Waals surface area contributed by atoms with Crippen LogP contribution < -0.4 is 9.47 Å². The molecule has 3 rings (SSSR count). The summed E-state index contributed by atoms with van der Waals surface area (Å²) in [5.41, 5.74) is 1.68. The van der Waals surface area contributed by atoms with Gasteiger partial charge in [-0.2, -0.15) is 0 Å². The van der Waals surface area contributed by atoms with Crippen LogP contribution in [0.3, 0.4) is 0 Å². The van der Waals surface area contributed by atoms with Crippen LogP contribution in [0.1, 0.15) is 37.5 Å². The molecule has 1 aliphatic rings. The van der Waals surface area contributed by atoms with Crippen molar-refractivity contribution in [3.8, 4) is 11.5 Å². The molecule has 1 N–H and O–H groups in total. The number of rotatable bonds is 11.